The highest BCUT2D eigenvalue weighted by atomic mass is 16.6. The van der Waals surface area contributed by atoms with Gasteiger partial charge in [0.15, 0.2) is 11.4 Å². The number of hydrogen-bond donors (Lipinski definition) is 2. The third-order valence-electron chi connectivity index (χ3n) is 13.7. The van der Waals surface area contributed by atoms with E-state index in [9.17, 15) is 9.59 Å². The first-order chi connectivity index (χ1) is 32.0. The van der Waals surface area contributed by atoms with Crippen LogP contribution < -0.4 is 0 Å². The third kappa shape index (κ3) is 7.75. The Kier molecular flexibility index (Phi) is 10.8. The summed E-state index contributed by atoms with van der Waals surface area (Å²) in [4.78, 5) is 46.1. The molecular weight excluding hydrogens is 801 g/mol. The Morgan fingerprint density at radius 2 is 0.969 bits per heavy atom. The van der Waals surface area contributed by atoms with Crippen LogP contribution in [0, 0.1) is 5.92 Å². The summed E-state index contributed by atoms with van der Waals surface area (Å²) in [5.74, 6) is -0.155. The topological polar surface area (TPSA) is 101 Å². The number of nitrogens with zero attached hydrogens (tertiary/aromatic N) is 2. The summed E-state index contributed by atoms with van der Waals surface area (Å²) in [5, 5.41) is 0. The van der Waals surface area contributed by atoms with Crippen molar-refractivity contribution in [3.05, 3.63) is 168 Å². The van der Waals surface area contributed by atoms with E-state index in [-0.39, 0.29) is 17.7 Å². The van der Waals surface area contributed by atoms with E-state index in [2.05, 4.69) is 162 Å². The molecule has 11 rings (SSSR count). The Morgan fingerprint density at radius 3 is 1.54 bits per heavy atom. The van der Waals surface area contributed by atoms with Crippen LogP contribution in [0.25, 0.3) is 90.4 Å². The van der Waals surface area contributed by atoms with Gasteiger partial charge in [-0.1, -0.05) is 128 Å². The molecule has 4 aliphatic rings. The summed E-state index contributed by atoms with van der Waals surface area (Å²) >= 11 is 0. The molecule has 3 aromatic heterocycles. The molecule has 1 spiro atoms. The quantitative estimate of drug-likeness (QED) is 0.168. The number of carbonyl (C=O) groups excluding carboxylic acids is 2. The van der Waals surface area contributed by atoms with E-state index in [1.165, 1.54) is 0 Å². The monoisotopic (exact) mass is 850 g/mol. The molecule has 1 saturated carbocycles. The lowest BCUT2D eigenvalue weighted by molar-refractivity contribution is -0.172. The molecule has 7 nitrogen and oxygen atoms in total. The standard InChI is InChI=1S/C58H50N4O3/c63-51-26-15-16-35-58(51)36-34-38(17-13-14-27-52(64)65-58)43-37-50-55(41-22-9-3-10-23-41)48-31-30-46(60-48)53(39-18-5-1-6-19-39)44-28-29-45(59-44)54(40-20-7-2-8-21-40)47-32-33-49(61-47)56(57(43)62-50)42-24-11-4-12-25-42/h1-12,18-25,28-33,37-38,59-60H,13-17,26-27,34-36H2/t38-,58+/m1/s1. The minimum Gasteiger partial charge on any atom is -0.451 e. The van der Waals surface area contributed by atoms with Crippen LogP contribution in [0.5, 0.6) is 0 Å². The van der Waals surface area contributed by atoms with Gasteiger partial charge in [0.1, 0.15) is 0 Å². The number of esters is 1. The van der Waals surface area contributed by atoms with Gasteiger partial charge in [-0.25, -0.2) is 9.97 Å². The SMILES string of the molecule is O=C1CCCC[C@@H](C2=Cc3nc2c(-c2ccccc2)c2nc(c(-c4ccccc4)c4ccc([nH]4)c(-c4ccccc4)c4ccc([nH]4)c3-c3ccccc3)C=C2)CC[C@]2(CCCCC2=O)O1. The normalized spacial score (nSPS) is 18.9. The summed E-state index contributed by atoms with van der Waals surface area (Å²) in [6, 6.07) is 50.8. The molecule has 3 aliphatic heterocycles. The van der Waals surface area contributed by atoms with Crippen LogP contribution in [0.2, 0.25) is 0 Å². The fraction of sp³-hybridized carbons (Fsp3) is 0.207. The van der Waals surface area contributed by atoms with Gasteiger partial charge in [-0.2, -0.15) is 0 Å². The molecule has 4 aromatic carbocycles. The molecule has 320 valence electrons. The van der Waals surface area contributed by atoms with Gasteiger partial charge in [-0.05, 0) is 121 Å². The molecule has 7 aromatic rings. The number of allylic oxidation sites excluding steroid dienone is 1. The maximum atomic E-state index is 13.8. The van der Waals surface area contributed by atoms with Gasteiger partial charge in [0.2, 0.25) is 0 Å². The van der Waals surface area contributed by atoms with Gasteiger partial charge >= 0.3 is 5.97 Å². The lowest BCUT2D eigenvalue weighted by Gasteiger charge is -2.37. The van der Waals surface area contributed by atoms with Gasteiger partial charge in [0, 0.05) is 57.2 Å². The molecule has 2 N–H and O–H groups in total. The zero-order valence-corrected chi connectivity index (χ0v) is 36.4. The highest BCUT2D eigenvalue weighted by Crippen LogP contribution is 2.46. The number of ether oxygens (including phenoxy) is 1. The zero-order valence-electron chi connectivity index (χ0n) is 36.4. The van der Waals surface area contributed by atoms with Gasteiger partial charge < -0.3 is 14.7 Å². The van der Waals surface area contributed by atoms with E-state index in [0.717, 1.165) is 121 Å². The lowest BCUT2D eigenvalue weighted by Crippen LogP contribution is -2.46. The van der Waals surface area contributed by atoms with Crippen molar-refractivity contribution in [1.82, 2.24) is 19.9 Å². The smallest absolute Gasteiger partial charge is 0.306 e. The minimum absolute atomic E-state index is 0.0302. The summed E-state index contributed by atoms with van der Waals surface area (Å²) < 4.78 is 6.23. The molecule has 0 unspecified atom stereocenters. The average molecular weight is 851 g/mol. The first kappa shape index (κ1) is 40.4. The van der Waals surface area contributed by atoms with Crippen LogP contribution in [-0.4, -0.2) is 37.3 Å². The number of fused-ring (bicyclic) bond motifs is 8. The molecule has 2 fully saturated rings. The van der Waals surface area contributed by atoms with Gasteiger partial charge in [0.05, 0.1) is 22.8 Å². The largest absolute Gasteiger partial charge is 0.451 e. The zero-order chi connectivity index (χ0) is 43.7. The third-order valence-corrected chi connectivity index (χ3v) is 13.7. The summed E-state index contributed by atoms with van der Waals surface area (Å²) in [6.45, 7) is 0. The summed E-state index contributed by atoms with van der Waals surface area (Å²) in [6.07, 6.45) is 13.2. The molecule has 8 bridgehead atoms. The predicted octanol–water partition coefficient (Wildman–Crippen LogP) is 14.1. The Hall–Kier alpha value is -7.38. The highest BCUT2D eigenvalue weighted by Gasteiger charge is 2.44. The van der Waals surface area contributed by atoms with E-state index < -0.39 is 5.60 Å². The van der Waals surface area contributed by atoms with E-state index in [1.54, 1.807) is 0 Å². The maximum absolute atomic E-state index is 13.8. The molecule has 65 heavy (non-hydrogen) atoms. The Morgan fingerprint density at radius 1 is 0.477 bits per heavy atom. The second-order valence-electron chi connectivity index (χ2n) is 17.8. The second-order valence-corrected chi connectivity index (χ2v) is 17.8. The molecular formula is C58H50N4O3. The number of nitrogens with one attached hydrogen (secondary N) is 2. The molecule has 1 aliphatic carbocycles. The van der Waals surface area contributed by atoms with Crippen molar-refractivity contribution in [2.75, 3.05) is 0 Å². The van der Waals surface area contributed by atoms with Crippen LogP contribution in [0.4, 0.5) is 0 Å². The fourth-order valence-electron chi connectivity index (χ4n) is 10.5. The van der Waals surface area contributed by atoms with Gasteiger partial charge in [-0.15, -0.1) is 0 Å². The summed E-state index contributed by atoms with van der Waals surface area (Å²) in [7, 11) is 0. The maximum Gasteiger partial charge on any atom is 0.306 e. The Bertz CT molecular complexity index is 3170. The fourth-order valence-corrected chi connectivity index (χ4v) is 10.5. The van der Waals surface area contributed by atoms with Gasteiger partial charge in [0.25, 0.3) is 0 Å². The van der Waals surface area contributed by atoms with E-state index in [0.29, 0.717) is 38.5 Å². The van der Waals surface area contributed by atoms with Crippen LogP contribution in [0.15, 0.2) is 146 Å². The molecule has 1 saturated heterocycles. The van der Waals surface area contributed by atoms with Crippen molar-refractivity contribution in [2.24, 2.45) is 5.92 Å². The summed E-state index contributed by atoms with van der Waals surface area (Å²) in [5.41, 5.74) is 15.5. The molecule has 0 amide bonds. The van der Waals surface area contributed by atoms with Crippen molar-refractivity contribution in [3.63, 3.8) is 0 Å². The predicted molar refractivity (Wildman–Crippen MR) is 263 cm³/mol. The van der Waals surface area contributed by atoms with Crippen LogP contribution in [0.1, 0.15) is 87.0 Å². The second kappa shape index (κ2) is 17.3. The highest BCUT2D eigenvalue weighted by molar-refractivity contribution is 6.02. The first-order valence-electron chi connectivity index (χ1n) is 23.2. The van der Waals surface area contributed by atoms with E-state index in [1.807, 2.05) is 12.1 Å². The number of Topliss-reactive ketones (excluding diaryl/α,β-unsaturated/α-hetero) is 1. The number of ketones is 1. The minimum atomic E-state index is -1.08. The van der Waals surface area contributed by atoms with Crippen LogP contribution in [-0.2, 0) is 14.3 Å². The van der Waals surface area contributed by atoms with Crippen LogP contribution in [0.3, 0.4) is 0 Å². The molecule has 7 heteroatoms. The van der Waals surface area contributed by atoms with Crippen molar-refractivity contribution < 1.29 is 14.3 Å². The Labute approximate surface area is 379 Å². The lowest BCUT2D eigenvalue weighted by atomic mass is 9.76. The molecule has 0 radical (unpaired) electrons. The van der Waals surface area contributed by atoms with Crippen molar-refractivity contribution >= 4 is 57.6 Å². The number of hydrogen-bond acceptors (Lipinski definition) is 5. The number of rotatable bonds is 5. The van der Waals surface area contributed by atoms with Crippen molar-refractivity contribution in [3.8, 4) is 44.5 Å². The number of aromatic nitrogens is 4. The average Bonchev–Trinajstić information content (AvgIpc) is 4.19. The number of aromatic amines is 2. The number of carbonyl (C=O) groups is 2. The molecule has 2 atom stereocenters. The van der Waals surface area contributed by atoms with Crippen molar-refractivity contribution in [1.29, 1.82) is 0 Å². The van der Waals surface area contributed by atoms with E-state index >= 15 is 0 Å². The van der Waals surface area contributed by atoms with Gasteiger partial charge in [-0.3, -0.25) is 9.59 Å². The molecule has 6 heterocycles. The van der Waals surface area contributed by atoms with Crippen LogP contribution >= 0.6 is 0 Å². The number of H-pyrrole nitrogens is 2. The first-order valence-corrected chi connectivity index (χ1v) is 23.2. The van der Waals surface area contributed by atoms with Crippen molar-refractivity contribution in [2.45, 2.75) is 69.8 Å². The van der Waals surface area contributed by atoms with E-state index in [4.69, 9.17) is 14.7 Å². The number of benzene rings is 4. The Balaban J connectivity index is 1.25.